The molecule has 0 aromatic heterocycles. The van der Waals surface area contributed by atoms with Gasteiger partial charge in [0.25, 0.3) is 0 Å². The zero-order chi connectivity index (χ0) is 8.55. The Morgan fingerprint density at radius 3 is 2.50 bits per heavy atom. The van der Waals surface area contributed by atoms with E-state index in [4.69, 9.17) is 7.85 Å². The minimum absolute atomic E-state index is 0.806. The third-order valence-corrected chi connectivity index (χ3v) is 2.32. The van der Waals surface area contributed by atoms with Crippen LogP contribution in [0.3, 0.4) is 0 Å². The summed E-state index contributed by atoms with van der Waals surface area (Å²) in [6.45, 7) is 0. The lowest BCUT2D eigenvalue weighted by atomic mass is 9.94. The van der Waals surface area contributed by atoms with Crippen LogP contribution in [0.25, 0.3) is 10.8 Å². The molecule has 0 fully saturated rings. The number of benzene rings is 2. The molecule has 0 saturated carbocycles. The first-order valence-corrected chi connectivity index (χ1v) is 4.50. The summed E-state index contributed by atoms with van der Waals surface area (Å²) in [6, 6.07) is 12.1. The third-order valence-electron chi connectivity index (χ3n) is 1.83. The van der Waals surface area contributed by atoms with E-state index in [1.165, 1.54) is 10.8 Å². The number of fused-ring (bicyclic) bond motifs is 1. The zero-order valence-corrected chi connectivity index (χ0v) is 8.01. The first-order valence-electron chi connectivity index (χ1n) is 3.70. The largest absolute Gasteiger partial charge is 0.113 e. The van der Waals surface area contributed by atoms with Crippen LogP contribution in [0, 0.1) is 0 Å². The lowest BCUT2D eigenvalue weighted by Gasteiger charge is -1.99. The van der Waals surface area contributed by atoms with E-state index in [0.29, 0.717) is 0 Å². The summed E-state index contributed by atoms with van der Waals surface area (Å²) in [5.74, 6) is 0. The highest BCUT2D eigenvalue weighted by Gasteiger charge is 1.93. The average molecular weight is 217 g/mol. The molecule has 0 aliphatic carbocycles. The van der Waals surface area contributed by atoms with E-state index < -0.39 is 0 Å². The highest BCUT2D eigenvalue weighted by molar-refractivity contribution is 9.10. The van der Waals surface area contributed by atoms with Gasteiger partial charge in [-0.3, -0.25) is 0 Å². The monoisotopic (exact) mass is 216 g/mol. The second kappa shape index (κ2) is 2.94. The number of halogens is 1. The van der Waals surface area contributed by atoms with E-state index in [1.807, 2.05) is 24.3 Å². The molecular formula is C10H6BBr. The van der Waals surface area contributed by atoms with Crippen molar-refractivity contribution in [1.29, 1.82) is 0 Å². The van der Waals surface area contributed by atoms with Gasteiger partial charge in [-0.05, 0) is 22.9 Å². The van der Waals surface area contributed by atoms with Gasteiger partial charge in [0, 0.05) is 4.47 Å². The van der Waals surface area contributed by atoms with Crippen molar-refractivity contribution in [2.45, 2.75) is 0 Å². The lowest BCUT2D eigenvalue weighted by molar-refractivity contribution is 1.72. The van der Waals surface area contributed by atoms with Crippen molar-refractivity contribution in [2.24, 2.45) is 0 Å². The van der Waals surface area contributed by atoms with E-state index in [9.17, 15) is 0 Å². The van der Waals surface area contributed by atoms with Gasteiger partial charge in [-0.15, -0.1) is 0 Å². The van der Waals surface area contributed by atoms with Crippen LogP contribution in [0.1, 0.15) is 0 Å². The average Bonchev–Trinajstić information content (AvgIpc) is 2.03. The van der Waals surface area contributed by atoms with Gasteiger partial charge in [0.1, 0.15) is 7.85 Å². The number of rotatable bonds is 0. The molecule has 0 saturated heterocycles. The fourth-order valence-corrected chi connectivity index (χ4v) is 1.61. The van der Waals surface area contributed by atoms with Crippen LogP contribution in [0.5, 0.6) is 0 Å². The summed E-state index contributed by atoms with van der Waals surface area (Å²) < 4.78 is 1.08. The van der Waals surface area contributed by atoms with E-state index in [2.05, 4.69) is 28.1 Å². The molecule has 56 valence electrons. The van der Waals surface area contributed by atoms with Crippen LogP contribution >= 0.6 is 15.9 Å². The van der Waals surface area contributed by atoms with Crippen molar-refractivity contribution in [2.75, 3.05) is 0 Å². The molecule has 0 N–H and O–H groups in total. The van der Waals surface area contributed by atoms with Crippen molar-refractivity contribution in [3.05, 3.63) is 40.9 Å². The molecule has 2 rings (SSSR count). The molecule has 0 amide bonds. The van der Waals surface area contributed by atoms with Crippen molar-refractivity contribution >= 4 is 40.0 Å². The van der Waals surface area contributed by atoms with Gasteiger partial charge in [0.2, 0.25) is 0 Å². The molecule has 0 bridgehead atoms. The van der Waals surface area contributed by atoms with E-state index in [1.54, 1.807) is 0 Å². The normalized spacial score (nSPS) is 10.4. The Morgan fingerprint density at radius 1 is 0.917 bits per heavy atom. The van der Waals surface area contributed by atoms with Crippen LogP contribution in [-0.2, 0) is 0 Å². The van der Waals surface area contributed by atoms with Gasteiger partial charge in [0.05, 0.1) is 0 Å². The Kier molecular flexibility index (Phi) is 1.93. The summed E-state index contributed by atoms with van der Waals surface area (Å²) >= 11 is 3.42. The van der Waals surface area contributed by atoms with E-state index in [-0.39, 0.29) is 0 Å². The van der Waals surface area contributed by atoms with Crippen LogP contribution < -0.4 is 5.46 Å². The maximum absolute atomic E-state index is 5.66. The van der Waals surface area contributed by atoms with E-state index in [0.717, 1.165) is 9.94 Å². The van der Waals surface area contributed by atoms with Gasteiger partial charge in [-0.2, -0.15) is 0 Å². The molecule has 0 nitrogen and oxygen atoms in total. The minimum Gasteiger partial charge on any atom is -0.0960 e. The van der Waals surface area contributed by atoms with Gasteiger partial charge >= 0.3 is 0 Å². The topological polar surface area (TPSA) is 0 Å². The fourth-order valence-electron chi connectivity index (χ4n) is 1.24. The summed E-state index contributed by atoms with van der Waals surface area (Å²) in [6.07, 6.45) is 0. The van der Waals surface area contributed by atoms with Gasteiger partial charge in [-0.25, -0.2) is 0 Å². The van der Waals surface area contributed by atoms with Crippen LogP contribution in [0.15, 0.2) is 40.9 Å². The van der Waals surface area contributed by atoms with Crippen molar-refractivity contribution < 1.29 is 0 Å². The molecule has 0 aliphatic heterocycles. The lowest BCUT2D eigenvalue weighted by Crippen LogP contribution is -1.99. The Balaban J connectivity index is 2.80. The standard InChI is InChI=1S/C10H6BBr/c11-9-3-1-7-2-4-10(12)6-8(7)5-9/h1-6H. The maximum atomic E-state index is 5.66. The van der Waals surface area contributed by atoms with Gasteiger partial charge < -0.3 is 0 Å². The first kappa shape index (κ1) is 7.87. The SMILES string of the molecule is [B]c1ccc2ccc(Br)cc2c1. The van der Waals surface area contributed by atoms with Crippen molar-refractivity contribution in [1.82, 2.24) is 0 Å². The molecule has 2 radical (unpaired) electrons. The smallest absolute Gasteiger partial charge is 0.0960 e. The molecule has 0 aliphatic rings. The molecule has 2 aromatic carbocycles. The van der Waals surface area contributed by atoms with Gasteiger partial charge in [-0.1, -0.05) is 45.7 Å². The molecule has 2 heteroatoms. The number of hydrogen-bond acceptors (Lipinski definition) is 0. The summed E-state index contributed by atoms with van der Waals surface area (Å²) in [5.41, 5.74) is 0.806. The molecule has 12 heavy (non-hydrogen) atoms. The van der Waals surface area contributed by atoms with Crippen LogP contribution in [0.2, 0.25) is 0 Å². The number of hydrogen-bond donors (Lipinski definition) is 0. The van der Waals surface area contributed by atoms with Crippen molar-refractivity contribution in [3.63, 3.8) is 0 Å². The fraction of sp³-hybridized carbons (Fsp3) is 0. The molecule has 0 heterocycles. The predicted molar refractivity (Wildman–Crippen MR) is 57.0 cm³/mol. The Hall–Kier alpha value is -0.755. The Bertz CT molecular complexity index is 386. The maximum Gasteiger partial charge on any atom is 0.113 e. The Morgan fingerprint density at radius 2 is 1.67 bits per heavy atom. The van der Waals surface area contributed by atoms with Crippen LogP contribution in [-0.4, -0.2) is 7.85 Å². The predicted octanol–water partition coefficient (Wildman–Crippen LogP) is 2.40. The summed E-state index contributed by atoms with van der Waals surface area (Å²) in [7, 11) is 5.66. The molecule has 2 aromatic rings. The third kappa shape index (κ3) is 1.39. The zero-order valence-electron chi connectivity index (χ0n) is 6.42. The van der Waals surface area contributed by atoms with Gasteiger partial charge in [0.15, 0.2) is 0 Å². The quantitative estimate of drug-likeness (QED) is 0.594. The highest BCUT2D eigenvalue weighted by atomic mass is 79.9. The second-order valence-corrected chi connectivity index (χ2v) is 3.67. The van der Waals surface area contributed by atoms with Crippen LogP contribution in [0.4, 0.5) is 0 Å². The molecule has 0 atom stereocenters. The Labute approximate surface area is 81.1 Å². The highest BCUT2D eigenvalue weighted by Crippen LogP contribution is 2.18. The summed E-state index contributed by atoms with van der Waals surface area (Å²) in [4.78, 5) is 0. The first-order chi connectivity index (χ1) is 5.75. The molecular weight excluding hydrogens is 211 g/mol. The summed E-state index contributed by atoms with van der Waals surface area (Å²) in [5, 5.41) is 2.39. The minimum atomic E-state index is 0.806. The van der Waals surface area contributed by atoms with Crippen molar-refractivity contribution in [3.8, 4) is 0 Å². The molecule has 0 spiro atoms. The molecule has 0 unspecified atom stereocenters. The second-order valence-electron chi connectivity index (χ2n) is 2.75. The van der Waals surface area contributed by atoms with E-state index >= 15 is 0 Å².